The zero-order chi connectivity index (χ0) is 12.6. The molecule has 2 fully saturated rings. The topological polar surface area (TPSA) is 62.6 Å². The lowest BCUT2D eigenvalue weighted by Gasteiger charge is -2.33. The molecule has 2 saturated heterocycles. The molecule has 3 atom stereocenters. The summed E-state index contributed by atoms with van der Waals surface area (Å²) in [4.78, 5) is 13.5. The Bertz CT molecular complexity index is 356. The lowest BCUT2D eigenvalue weighted by molar-refractivity contribution is -0.0525. The number of ether oxygens (including phenoxy) is 2. The summed E-state index contributed by atoms with van der Waals surface area (Å²) in [6.07, 6.45) is 0.257. The molecule has 0 saturated carbocycles. The van der Waals surface area contributed by atoms with E-state index in [2.05, 4.69) is 6.07 Å². The molecule has 2 aliphatic heterocycles. The second-order valence-corrected chi connectivity index (χ2v) is 5.65. The molecule has 0 radical (unpaired) electrons. The highest BCUT2D eigenvalue weighted by Gasteiger charge is 2.43. The van der Waals surface area contributed by atoms with Crippen LogP contribution in [0.4, 0.5) is 4.79 Å². The van der Waals surface area contributed by atoms with Gasteiger partial charge in [0.15, 0.2) is 0 Å². The largest absolute Gasteiger partial charge is 0.444 e. The molecule has 94 valence electrons. The molecular formula is C12H18N2O3. The lowest BCUT2D eigenvalue weighted by atomic mass is 10.0. The smallest absolute Gasteiger partial charge is 0.410 e. The summed E-state index contributed by atoms with van der Waals surface area (Å²) >= 11 is 0. The number of carbonyl (C=O) groups excluding carboxylic acids is 1. The summed E-state index contributed by atoms with van der Waals surface area (Å²) in [5, 5.41) is 8.96. The van der Waals surface area contributed by atoms with Crippen LogP contribution in [0, 0.1) is 17.2 Å². The molecule has 0 aromatic heterocycles. The fraction of sp³-hybridized carbons (Fsp3) is 0.833. The van der Waals surface area contributed by atoms with Gasteiger partial charge in [0.2, 0.25) is 0 Å². The third-order valence-corrected chi connectivity index (χ3v) is 2.97. The van der Waals surface area contributed by atoms with Crippen LogP contribution in [0.3, 0.4) is 0 Å². The van der Waals surface area contributed by atoms with Gasteiger partial charge in [-0.15, -0.1) is 0 Å². The van der Waals surface area contributed by atoms with Gasteiger partial charge in [0, 0.05) is 0 Å². The van der Waals surface area contributed by atoms with Crippen LogP contribution in [0.25, 0.3) is 0 Å². The summed E-state index contributed by atoms with van der Waals surface area (Å²) in [5.41, 5.74) is -0.483. The van der Waals surface area contributed by atoms with E-state index >= 15 is 0 Å². The van der Waals surface area contributed by atoms with Gasteiger partial charge in [-0.3, -0.25) is 0 Å². The molecular weight excluding hydrogens is 220 g/mol. The van der Waals surface area contributed by atoms with Crippen molar-refractivity contribution in [2.24, 2.45) is 5.92 Å². The summed E-state index contributed by atoms with van der Waals surface area (Å²) in [7, 11) is 0. The quantitative estimate of drug-likeness (QED) is 0.642. The Morgan fingerprint density at radius 2 is 2.18 bits per heavy atom. The second kappa shape index (κ2) is 4.19. The van der Waals surface area contributed by atoms with E-state index in [0.29, 0.717) is 13.1 Å². The number of hydrogen-bond acceptors (Lipinski definition) is 4. The number of nitriles is 1. The van der Waals surface area contributed by atoms with Crippen molar-refractivity contribution in [1.29, 1.82) is 5.26 Å². The molecule has 0 aromatic carbocycles. The summed E-state index contributed by atoms with van der Waals surface area (Å²) in [6, 6.07) is 2.24. The van der Waals surface area contributed by atoms with Crippen molar-refractivity contribution >= 4 is 6.09 Å². The molecule has 0 spiro atoms. The maximum Gasteiger partial charge on any atom is 0.410 e. The molecule has 0 N–H and O–H groups in total. The summed E-state index contributed by atoms with van der Waals surface area (Å²) in [6.45, 7) is 6.53. The molecule has 0 unspecified atom stereocenters. The highest BCUT2D eigenvalue weighted by atomic mass is 16.6. The van der Waals surface area contributed by atoms with Crippen LogP contribution in [-0.2, 0) is 9.47 Å². The van der Waals surface area contributed by atoms with Crippen LogP contribution in [0.1, 0.15) is 27.2 Å². The van der Waals surface area contributed by atoms with Gasteiger partial charge in [-0.05, 0) is 27.2 Å². The number of rotatable bonds is 0. The first-order valence-electron chi connectivity index (χ1n) is 5.92. The molecule has 0 aromatic rings. The number of carbonyl (C=O) groups is 1. The van der Waals surface area contributed by atoms with Crippen molar-refractivity contribution in [3.8, 4) is 6.07 Å². The van der Waals surface area contributed by atoms with E-state index in [1.54, 1.807) is 4.90 Å². The lowest BCUT2D eigenvalue weighted by Crippen LogP contribution is -2.48. The summed E-state index contributed by atoms with van der Waals surface area (Å²) in [5.74, 6) is -0.0903. The number of morpholine rings is 1. The average molecular weight is 238 g/mol. The first kappa shape index (κ1) is 12.2. The first-order valence-corrected chi connectivity index (χ1v) is 5.92. The van der Waals surface area contributed by atoms with Crippen LogP contribution in [-0.4, -0.2) is 41.9 Å². The minimum absolute atomic E-state index is 0.00841. The minimum Gasteiger partial charge on any atom is -0.444 e. The SMILES string of the molecule is CC(C)(C)OC(=O)N1C[C@H]2C[C@@H](C#N)[C@@H](C1)O2. The van der Waals surface area contributed by atoms with Crippen molar-refractivity contribution in [1.82, 2.24) is 4.90 Å². The number of likely N-dealkylation sites (tertiary alicyclic amines) is 1. The average Bonchev–Trinajstić information content (AvgIpc) is 2.50. The maximum atomic E-state index is 11.9. The number of amides is 1. The molecule has 2 aliphatic rings. The van der Waals surface area contributed by atoms with Gasteiger partial charge < -0.3 is 14.4 Å². The van der Waals surface area contributed by atoms with E-state index < -0.39 is 5.60 Å². The van der Waals surface area contributed by atoms with Crippen LogP contribution in [0.2, 0.25) is 0 Å². The minimum atomic E-state index is -0.483. The van der Waals surface area contributed by atoms with E-state index in [9.17, 15) is 4.79 Å². The van der Waals surface area contributed by atoms with Crippen LogP contribution < -0.4 is 0 Å². The predicted octanol–water partition coefficient (Wildman–Crippen LogP) is 1.53. The van der Waals surface area contributed by atoms with Crippen LogP contribution >= 0.6 is 0 Å². The van der Waals surface area contributed by atoms with Gasteiger partial charge in [0.05, 0.1) is 37.3 Å². The zero-order valence-electron chi connectivity index (χ0n) is 10.5. The fourth-order valence-corrected chi connectivity index (χ4v) is 2.27. The van der Waals surface area contributed by atoms with Gasteiger partial charge in [-0.1, -0.05) is 0 Å². The normalized spacial score (nSPS) is 32.1. The zero-order valence-corrected chi connectivity index (χ0v) is 10.5. The third kappa shape index (κ3) is 2.70. The molecule has 2 rings (SSSR count). The third-order valence-electron chi connectivity index (χ3n) is 2.97. The summed E-state index contributed by atoms with van der Waals surface area (Å²) < 4.78 is 11.0. The standard InChI is InChI=1S/C12H18N2O3/c1-12(2,3)17-11(15)14-6-9-4-8(5-13)10(7-14)16-9/h8-10H,4,6-7H2,1-3H3/t8-,9+,10+/m0/s1. The van der Waals surface area contributed by atoms with Crippen LogP contribution in [0.15, 0.2) is 0 Å². The molecule has 1 amide bonds. The Kier molecular flexibility index (Phi) is 3.00. The Morgan fingerprint density at radius 1 is 1.47 bits per heavy atom. The van der Waals surface area contributed by atoms with Crippen molar-refractivity contribution in [3.05, 3.63) is 0 Å². The number of nitrogens with zero attached hydrogens (tertiary/aromatic N) is 2. The Morgan fingerprint density at radius 3 is 2.76 bits per heavy atom. The van der Waals surface area contributed by atoms with Gasteiger partial charge >= 0.3 is 6.09 Å². The van der Waals surface area contributed by atoms with Crippen molar-refractivity contribution < 1.29 is 14.3 Å². The van der Waals surface area contributed by atoms with Gasteiger partial charge in [-0.2, -0.15) is 5.26 Å². The van der Waals surface area contributed by atoms with E-state index in [4.69, 9.17) is 14.7 Å². The van der Waals surface area contributed by atoms with Gasteiger partial charge in [0.1, 0.15) is 5.60 Å². The fourth-order valence-electron chi connectivity index (χ4n) is 2.27. The van der Waals surface area contributed by atoms with Crippen molar-refractivity contribution in [2.75, 3.05) is 13.1 Å². The van der Waals surface area contributed by atoms with Gasteiger partial charge in [0.25, 0.3) is 0 Å². The van der Waals surface area contributed by atoms with Gasteiger partial charge in [-0.25, -0.2) is 4.79 Å². The first-order chi connectivity index (χ1) is 7.89. The van der Waals surface area contributed by atoms with E-state index in [-0.39, 0.29) is 24.2 Å². The molecule has 17 heavy (non-hydrogen) atoms. The van der Waals surface area contributed by atoms with Crippen LogP contribution in [0.5, 0.6) is 0 Å². The second-order valence-electron chi connectivity index (χ2n) is 5.65. The molecule has 2 heterocycles. The highest BCUT2D eigenvalue weighted by molar-refractivity contribution is 5.68. The maximum absolute atomic E-state index is 11.9. The monoisotopic (exact) mass is 238 g/mol. The van der Waals surface area contributed by atoms with E-state index in [1.165, 1.54) is 0 Å². The number of hydrogen-bond donors (Lipinski definition) is 0. The Hall–Kier alpha value is -1.28. The molecule has 5 heteroatoms. The molecule has 0 aliphatic carbocycles. The van der Waals surface area contributed by atoms with E-state index in [0.717, 1.165) is 6.42 Å². The van der Waals surface area contributed by atoms with E-state index in [1.807, 2.05) is 20.8 Å². The van der Waals surface area contributed by atoms with Crippen molar-refractivity contribution in [2.45, 2.75) is 45.0 Å². The number of fused-ring (bicyclic) bond motifs is 2. The highest BCUT2D eigenvalue weighted by Crippen LogP contribution is 2.31. The Labute approximate surface area is 101 Å². The molecule has 5 nitrogen and oxygen atoms in total. The van der Waals surface area contributed by atoms with Crippen molar-refractivity contribution in [3.63, 3.8) is 0 Å². The predicted molar refractivity (Wildman–Crippen MR) is 60.2 cm³/mol. The Balaban J connectivity index is 1.97. The molecule has 2 bridgehead atoms.